The Hall–Kier alpha value is -1.33. The standard InChI is InChI=1S/C16H22N2/c1-14-6-8-15(9-7-14)12-16(2,13-17)18-10-4-3-5-11-18/h6-9H,3-5,10-12H2,1-2H3. The van der Waals surface area contributed by atoms with Crippen LogP contribution in [0.1, 0.15) is 37.3 Å². The van der Waals surface area contributed by atoms with Crippen LogP contribution in [0.5, 0.6) is 0 Å². The van der Waals surface area contributed by atoms with Gasteiger partial charge in [-0.25, -0.2) is 0 Å². The Morgan fingerprint density at radius 2 is 1.78 bits per heavy atom. The largest absolute Gasteiger partial charge is 0.285 e. The molecule has 0 aliphatic carbocycles. The molecule has 1 aromatic rings. The second-order valence-electron chi connectivity index (χ2n) is 5.60. The lowest BCUT2D eigenvalue weighted by molar-refractivity contribution is 0.124. The van der Waals surface area contributed by atoms with Gasteiger partial charge in [0, 0.05) is 6.42 Å². The highest BCUT2D eigenvalue weighted by molar-refractivity contribution is 5.25. The van der Waals surface area contributed by atoms with Crippen LogP contribution in [0.25, 0.3) is 0 Å². The van der Waals surface area contributed by atoms with Gasteiger partial charge < -0.3 is 0 Å². The number of aryl methyl sites for hydroxylation is 1. The van der Waals surface area contributed by atoms with Crippen molar-refractivity contribution in [3.8, 4) is 6.07 Å². The zero-order chi connectivity index (χ0) is 13.0. The third-order valence-corrected chi connectivity index (χ3v) is 3.96. The second-order valence-corrected chi connectivity index (χ2v) is 5.60. The topological polar surface area (TPSA) is 27.0 Å². The van der Waals surface area contributed by atoms with Gasteiger partial charge in [0.05, 0.1) is 6.07 Å². The quantitative estimate of drug-likeness (QED) is 0.813. The van der Waals surface area contributed by atoms with E-state index in [9.17, 15) is 5.26 Å². The molecule has 96 valence electrons. The number of piperidine rings is 1. The molecule has 1 unspecified atom stereocenters. The van der Waals surface area contributed by atoms with Crippen LogP contribution in [-0.4, -0.2) is 23.5 Å². The number of nitriles is 1. The number of rotatable bonds is 3. The number of likely N-dealkylation sites (tertiary alicyclic amines) is 1. The molecule has 0 bridgehead atoms. The van der Waals surface area contributed by atoms with E-state index in [1.165, 1.54) is 30.4 Å². The minimum absolute atomic E-state index is 0.352. The molecular formula is C16H22N2. The van der Waals surface area contributed by atoms with E-state index in [-0.39, 0.29) is 5.54 Å². The summed E-state index contributed by atoms with van der Waals surface area (Å²) in [4.78, 5) is 2.36. The molecule has 1 heterocycles. The third-order valence-electron chi connectivity index (χ3n) is 3.96. The monoisotopic (exact) mass is 242 g/mol. The molecule has 2 nitrogen and oxygen atoms in total. The molecule has 0 aromatic heterocycles. The first-order chi connectivity index (χ1) is 8.64. The van der Waals surface area contributed by atoms with Gasteiger partial charge in [-0.15, -0.1) is 0 Å². The van der Waals surface area contributed by atoms with Crippen LogP contribution < -0.4 is 0 Å². The molecule has 1 aliphatic heterocycles. The Labute approximate surface area is 110 Å². The molecule has 1 aromatic carbocycles. The molecule has 1 aliphatic rings. The Bertz CT molecular complexity index is 423. The van der Waals surface area contributed by atoms with Gasteiger partial charge in [-0.05, 0) is 45.3 Å². The van der Waals surface area contributed by atoms with Crippen LogP contribution in [0, 0.1) is 18.3 Å². The Morgan fingerprint density at radius 1 is 1.17 bits per heavy atom. The summed E-state index contributed by atoms with van der Waals surface area (Å²) >= 11 is 0. The molecule has 2 rings (SSSR count). The van der Waals surface area contributed by atoms with Crippen LogP contribution in [0.15, 0.2) is 24.3 Å². The average molecular weight is 242 g/mol. The van der Waals surface area contributed by atoms with Crippen LogP contribution in [0.4, 0.5) is 0 Å². The SMILES string of the molecule is Cc1ccc(CC(C)(C#N)N2CCCCC2)cc1. The third kappa shape index (κ3) is 2.91. The summed E-state index contributed by atoms with van der Waals surface area (Å²) in [5.41, 5.74) is 2.18. The number of benzene rings is 1. The van der Waals surface area contributed by atoms with Gasteiger partial charge in [0.1, 0.15) is 5.54 Å². The number of hydrogen-bond donors (Lipinski definition) is 0. The van der Waals surface area contributed by atoms with Crippen molar-refractivity contribution >= 4 is 0 Å². The summed E-state index contributed by atoms with van der Waals surface area (Å²) in [7, 11) is 0. The molecule has 0 spiro atoms. The van der Waals surface area contributed by atoms with Gasteiger partial charge in [-0.3, -0.25) is 4.90 Å². The van der Waals surface area contributed by atoms with Crippen molar-refractivity contribution in [3.63, 3.8) is 0 Å². The Balaban J connectivity index is 2.12. The molecule has 0 radical (unpaired) electrons. The summed E-state index contributed by atoms with van der Waals surface area (Å²) in [6.45, 7) is 6.31. The smallest absolute Gasteiger partial charge is 0.110 e. The lowest BCUT2D eigenvalue weighted by Gasteiger charge is -2.38. The van der Waals surface area contributed by atoms with Gasteiger partial charge in [-0.2, -0.15) is 5.26 Å². The molecule has 0 amide bonds. The number of nitrogens with zero attached hydrogens (tertiary/aromatic N) is 2. The van der Waals surface area contributed by atoms with Gasteiger partial charge in [0.25, 0.3) is 0 Å². The molecule has 2 heteroatoms. The summed E-state index contributed by atoms with van der Waals surface area (Å²) < 4.78 is 0. The van der Waals surface area contributed by atoms with E-state index in [2.05, 4.69) is 49.1 Å². The van der Waals surface area contributed by atoms with Crippen molar-refractivity contribution in [2.75, 3.05) is 13.1 Å². The molecule has 1 atom stereocenters. The van der Waals surface area contributed by atoms with Crippen molar-refractivity contribution in [1.29, 1.82) is 5.26 Å². The maximum absolute atomic E-state index is 9.56. The fraction of sp³-hybridized carbons (Fsp3) is 0.562. The highest BCUT2D eigenvalue weighted by Gasteiger charge is 2.32. The first-order valence-corrected chi connectivity index (χ1v) is 6.86. The van der Waals surface area contributed by atoms with Gasteiger partial charge in [-0.1, -0.05) is 36.2 Å². The van der Waals surface area contributed by atoms with Gasteiger partial charge >= 0.3 is 0 Å². The predicted octanol–water partition coefficient (Wildman–Crippen LogP) is 3.31. The zero-order valence-corrected chi connectivity index (χ0v) is 11.4. The summed E-state index contributed by atoms with van der Waals surface area (Å²) in [6.07, 6.45) is 4.59. The van der Waals surface area contributed by atoms with Crippen molar-refractivity contribution in [2.24, 2.45) is 0 Å². The summed E-state index contributed by atoms with van der Waals surface area (Å²) in [6, 6.07) is 11.1. The van der Waals surface area contributed by atoms with E-state index in [4.69, 9.17) is 0 Å². The first kappa shape index (κ1) is 13.1. The summed E-state index contributed by atoms with van der Waals surface area (Å²) in [5.74, 6) is 0. The van der Waals surface area contributed by atoms with Gasteiger partial charge in [0.2, 0.25) is 0 Å². The molecule has 18 heavy (non-hydrogen) atoms. The van der Waals surface area contributed by atoms with E-state index in [0.717, 1.165) is 19.5 Å². The van der Waals surface area contributed by atoms with Crippen molar-refractivity contribution in [2.45, 2.75) is 45.1 Å². The average Bonchev–Trinajstić information content (AvgIpc) is 2.42. The van der Waals surface area contributed by atoms with Crippen LogP contribution >= 0.6 is 0 Å². The van der Waals surface area contributed by atoms with E-state index < -0.39 is 0 Å². The van der Waals surface area contributed by atoms with Gasteiger partial charge in [0.15, 0.2) is 0 Å². The molecule has 0 N–H and O–H groups in total. The highest BCUT2D eigenvalue weighted by atomic mass is 15.2. The van der Waals surface area contributed by atoms with E-state index in [1.54, 1.807) is 0 Å². The minimum Gasteiger partial charge on any atom is -0.285 e. The van der Waals surface area contributed by atoms with E-state index >= 15 is 0 Å². The molecule has 1 fully saturated rings. The normalized spacial score (nSPS) is 20.1. The number of hydrogen-bond acceptors (Lipinski definition) is 2. The maximum atomic E-state index is 9.56. The lowest BCUT2D eigenvalue weighted by Crippen LogP contribution is -2.49. The fourth-order valence-electron chi connectivity index (χ4n) is 2.71. The van der Waals surface area contributed by atoms with Crippen molar-refractivity contribution in [3.05, 3.63) is 35.4 Å². The van der Waals surface area contributed by atoms with Crippen LogP contribution in [0.2, 0.25) is 0 Å². The van der Waals surface area contributed by atoms with E-state index in [1.807, 2.05) is 0 Å². The molecule has 1 saturated heterocycles. The fourth-order valence-corrected chi connectivity index (χ4v) is 2.71. The summed E-state index contributed by atoms with van der Waals surface area (Å²) in [5, 5.41) is 9.56. The van der Waals surface area contributed by atoms with Crippen molar-refractivity contribution < 1.29 is 0 Å². The Morgan fingerprint density at radius 3 is 2.33 bits per heavy atom. The highest BCUT2D eigenvalue weighted by Crippen LogP contribution is 2.24. The van der Waals surface area contributed by atoms with E-state index in [0.29, 0.717) is 0 Å². The molecule has 0 saturated carbocycles. The molecular weight excluding hydrogens is 220 g/mol. The first-order valence-electron chi connectivity index (χ1n) is 6.86. The second kappa shape index (κ2) is 5.54. The van der Waals surface area contributed by atoms with Crippen molar-refractivity contribution in [1.82, 2.24) is 4.90 Å². The minimum atomic E-state index is -0.352. The Kier molecular flexibility index (Phi) is 4.04. The maximum Gasteiger partial charge on any atom is 0.110 e. The van der Waals surface area contributed by atoms with Crippen LogP contribution in [-0.2, 0) is 6.42 Å². The van der Waals surface area contributed by atoms with Crippen LogP contribution in [0.3, 0.4) is 0 Å². The lowest BCUT2D eigenvalue weighted by atomic mass is 9.90. The zero-order valence-electron chi connectivity index (χ0n) is 11.4. The predicted molar refractivity (Wildman–Crippen MR) is 74.3 cm³/mol.